The van der Waals surface area contributed by atoms with Crippen molar-refractivity contribution in [2.24, 2.45) is 0 Å². The molecule has 1 saturated heterocycles. The maximum absolute atomic E-state index is 3.50. The maximum atomic E-state index is 3.50. The molecule has 1 heterocycles. The summed E-state index contributed by atoms with van der Waals surface area (Å²) in [6.45, 7) is 3.17. The summed E-state index contributed by atoms with van der Waals surface area (Å²) in [6, 6.07) is 11.1. The van der Waals surface area contributed by atoms with Crippen LogP contribution >= 0.6 is 0 Å². The molecule has 0 aromatic heterocycles. The molecule has 1 aromatic rings. The molecule has 0 bridgehead atoms. The Kier molecular flexibility index (Phi) is 8.60. The molecule has 3 nitrogen and oxygen atoms in total. The van der Waals surface area contributed by atoms with Crippen LogP contribution in [0.25, 0.3) is 5.32 Å². The van der Waals surface area contributed by atoms with Gasteiger partial charge in [0, 0.05) is 13.1 Å². The van der Waals surface area contributed by atoms with Crippen molar-refractivity contribution < 1.29 is 19.8 Å². The van der Waals surface area contributed by atoms with Gasteiger partial charge in [-0.3, -0.25) is 5.32 Å². The maximum Gasteiger partial charge on any atom is 2.00 e. The third kappa shape index (κ3) is 5.27. The van der Waals surface area contributed by atoms with Gasteiger partial charge < -0.3 is 10.2 Å². The molecule has 1 fully saturated rings. The van der Waals surface area contributed by atoms with Crippen molar-refractivity contribution in [2.45, 2.75) is 0 Å². The van der Waals surface area contributed by atoms with Crippen molar-refractivity contribution in [1.29, 1.82) is 0 Å². The molecule has 0 radical (unpaired) electrons. The Hall–Kier alpha value is -0.424. The monoisotopic (exact) mass is 383 g/mol. The molecule has 1 N–H and O–H groups in total. The van der Waals surface area contributed by atoms with Crippen LogP contribution in [0.2, 0.25) is 0 Å². The van der Waals surface area contributed by atoms with Gasteiger partial charge in [-0.25, -0.2) is 0 Å². The van der Waals surface area contributed by atoms with Gasteiger partial charge in [-0.15, -0.1) is 6.07 Å². The number of rotatable bonds is 1. The van der Waals surface area contributed by atoms with Gasteiger partial charge in [-0.05, 0) is 0 Å². The second kappa shape index (κ2) is 8.85. The van der Waals surface area contributed by atoms with Crippen LogP contribution in [0.5, 0.6) is 0 Å². The second-order valence-electron chi connectivity index (χ2n) is 3.13. The van der Waals surface area contributed by atoms with Gasteiger partial charge in [0.15, 0.2) is 0 Å². The molecular formula is C11H17N3Os. The number of hydrogen-bond acceptors (Lipinski definition) is 2. The standard InChI is InChI=1S/C9H11N2.C2H6N.Os/c1-2-4-9(5-3-1)11-7-6-10-8-11;1-3-2;/h1-2,4-5,10H,6-8H2;1-2H3;/q2*-1;+2. The zero-order valence-corrected chi connectivity index (χ0v) is 11.7. The summed E-state index contributed by atoms with van der Waals surface area (Å²) in [4.78, 5) is 2.30. The first kappa shape index (κ1) is 14.6. The van der Waals surface area contributed by atoms with E-state index in [0.29, 0.717) is 0 Å². The summed E-state index contributed by atoms with van der Waals surface area (Å²) in [5.74, 6) is 0. The smallest absolute Gasteiger partial charge is 0.668 e. The molecule has 1 aliphatic rings. The summed E-state index contributed by atoms with van der Waals surface area (Å²) >= 11 is 0. The van der Waals surface area contributed by atoms with Gasteiger partial charge in [0.1, 0.15) is 0 Å². The van der Waals surface area contributed by atoms with E-state index in [1.807, 2.05) is 18.2 Å². The first-order chi connectivity index (χ1) is 6.88. The van der Waals surface area contributed by atoms with Crippen molar-refractivity contribution >= 4 is 5.69 Å². The third-order valence-corrected chi connectivity index (χ3v) is 1.92. The fourth-order valence-electron chi connectivity index (χ4n) is 1.31. The van der Waals surface area contributed by atoms with E-state index in [2.05, 4.69) is 27.7 Å². The molecule has 0 amide bonds. The zero-order chi connectivity index (χ0) is 10.2. The Morgan fingerprint density at radius 1 is 1.47 bits per heavy atom. The van der Waals surface area contributed by atoms with Crippen LogP contribution in [-0.4, -0.2) is 33.9 Å². The zero-order valence-electron chi connectivity index (χ0n) is 9.18. The summed E-state index contributed by atoms with van der Waals surface area (Å²) in [5, 5.41) is 6.78. The van der Waals surface area contributed by atoms with E-state index in [4.69, 9.17) is 0 Å². The van der Waals surface area contributed by atoms with Crippen LogP contribution in [-0.2, 0) is 19.8 Å². The van der Waals surface area contributed by atoms with Gasteiger partial charge in [0.2, 0.25) is 0 Å². The largest absolute Gasteiger partial charge is 2.00 e. The minimum Gasteiger partial charge on any atom is -0.668 e. The quantitative estimate of drug-likeness (QED) is 0.747. The van der Waals surface area contributed by atoms with E-state index in [0.717, 1.165) is 19.8 Å². The second-order valence-corrected chi connectivity index (χ2v) is 3.13. The van der Waals surface area contributed by atoms with Crippen molar-refractivity contribution in [3.05, 3.63) is 35.6 Å². The van der Waals surface area contributed by atoms with Crippen LogP contribution in [0.3, 0.4) is 0 Å². The van der Waals surface area contributed by atoms with Gasteiger partial charge in [-0.1, -0.05) is 5.69 Å². The topological polar surface area (TPSA) is 29.4 Å². The molecule has 0 unspecified atom stereocenters. The Morgan fingerprint density at radius 3 is 2.67 bits per heavy atom. The molecule has 0 spiro atoms. The fourth-order valence-corrected chi connectivity index (χ4v) is 1.31. The van der Waals surface area contributed by atoms with E-state index >= 15 is 0 Å². The Labute approximate surface area is 105 Å². The molecule has 0 aliphatic carbocycles. The van der Waals surface area contributed by atoms with Gasteiger partial charge >= 0.3 is 19.8 Å². The number of nitrogens with one attached hydrogen (secondary N) is 1. The van der Waals surface area contributed by atoms with Crippen LogP contribution in [0, 0.1) is 6.07 Å². The number of benzene rings is 1. The molecule has 1 aliphatic heterocycles. The summed E-state index contributed by atoms with van der Waals surface area (Å²) in [6.07, 6.45) is 0. The summed E-state index contributed by atoms with van der Waals surface area (Å²) in [5.41, 5.74) is 1.26. The van der Waals surface area contributed by atoms with Crippen molar-refractivity contribution in [1.82, 2.24) is 5.32 Å². The van der Waals surface area contributed by atoms with E-state index in [-0.39, 0.29) is 19.8 Å². The minimum absolute atomic E-state index is 0. The molecule has 0 atom stereocenters. The Morgan fingerprint density at radius 2 is 2.20 bits per heavy atom. The summed E-state index contributed by atoms with van der Waals surface area (Å²) < 4.78 is 0. The van der Waals surface area contributed by atoms with Crippen molar-refractivity contribution in [3.8, 4) is 0 Å². The SMILES string of the molecule is C[N-]C.[Os+2].[c-]1cccc(N2CCNC2)c1. The molecule has 84 valence electrons. The van der Waals surface area contributed by atoms with Crippen molar-refractivity contribution in [3.63, 3.8) is 0 Å². The third-order valence-electron chi connectivity index (χ3n) is 1.92. The van der Waals surface area contributed by atoms with Crippen LogP contribution < -0.4 is 10.2 Å². The average molecular weight is 382 g/mol. The van der Waals surface area contributed by atoms with E-state index in [1.165, 1.54) is 5.69 Å². The van der Waals surface area contributed by atoms with Gasteiger partial charge in [0.05, 0.1) is 6.67 Å². The molecule has 0 saturated carbocycles. The summed E-state index contributed by atoms with van der Waals surface area (Å²) in [7, 11) is 3.50. The minimum atomic E-state index is 0. The average Bonchev–Trinajstić information content (AvgIpc) is 2.73. The van der Waals surface area contributed by atoms with Gasteiger partial charge in [-0.2, -0.15) is 38.4 Å². The van der Waals surface area contributed by atoms with E-state index in [1.54, 1.807) is 14.1 Å². The van der Waals surface area contributed by atoms with Crippen LogP contribution in [0.1, 0.15) is 0 Å². The van der Waals surface area contributed by atoms with E-state index < -0.39 is 0 Å². The van der Waals surface area contributed by atoms with Crippen LogP contribution in [0.15, 0.2) is 24.3 Å². The molecule has 15 heavy (non-hydrogen) atoms. The normalized spacial score (nSPS) is 13.9. The molecule has 4 heteroatoms. The predicted octanol–water partition coefficient (Wildman–Crippen LogP) is 1.47. The van der Waals surface area contributed by atoms with Gasteiger partial charge in [0.25, 0.3) is 0 Å². The first-order valence-corrected chi connectivity index (χ1v) is 4.78. The van der Waals surface area contributed by atoms with Crippen LogP contribution in [0.4, 0.5) is 5.69 Å². The van der Waals surface area contributed by atoms with Crippen molar-refractivity contribution in [2.75, 3.05) is 38.8 Å². The fraction of sp³-hybridized carbons (Fsp3) is 0.455. The molecule has 1 aromatic carbocycles. The Balaban J connectivity index is 0.000000443. The number of hydrogen-bond donors (Lipinski definition) is 1. The molecular weight excluding hydrogens is 364 g/mol. The number of nitrogens with zero attached hydrogens (tertiary/aromatic N) is 2. The Bertz CT molecular complexity index is 235. The predicted molar refractivity (Wildman–Crippen MR) is 60.7 cm³/mol. The number of anilines is 1. The first-order valence-electron chi connectivity index (χ1n) is 4.78. The molecule has 2 rings (SSSR count). The van der Waals surface area contributed by atoms with E-state index in [9.17, 15) is 0 Å².